The SMILES string of the molecule is C=C(C)N1CCN(C(C)=O)CC1. The summed E-state index contributed by atoms with van der Waals surface area (Å²) in [5.74, 6) is 0.177. The van der Waals surface area contributed by atoms with Crippen LogP contribution in [0.1, 0.15) is 13.8 Å². The zero-order valence-corrected chi connectivity index (χ0v) is 7.84. The van der Waals surface area contributed by atoms with Crippen molar-refractivity contribution in [3.8, 4) is 0 Å². The van der Waals surface area contributed by atoms with Crippen LogP contribution in [-0.4, -0.2) is 41.9 Å². The number of rotatable bonds is 1. The highest BCUT2D eigenvalue weighted by molar-refractivity contribution is 5.73. The van der Waals surface area contributed by atoms with Gasteiger partial charge in [-0.2, -0.15) is 0 Å². The van der Waals surface area contributed by atoms with Crippen LogP contribution >= 0.6 is 0 Å². The van der Waals surface area contributed by atoms with E-state index in [1.165, 1.54) is 0 Å². The van der Waals surface area contributed by atoms with Crippen LogP contribution in [-0.2, 0) is 4.79 Å². The quantitative estimate of drug-likeness (QED) is 0.575. The van der Waals surface area contributed by atoms with Gasteiger partial charge in [0.25, 0.3) is 0 Å². The summed E-state index contributed by atoms with van der Waals surface area (Å²) >= 11 is 0. The predicted octanol–water partition coefficient (Wildman–Crippen LogP) is 0.684. The number of piperazine rings is 1. The molecule has 0 saturated carbocycles. The predicted molar refractivity (Wildman–Crippen MR) is 48.6 cm³/mol. The Balaban J connectivity index is 2.39. The van der Waals surface area contributed by atoms with Crippen molar-refractivity contribution in [1.82, 2.24) is 9.80 Å². The van der Waals surface area contributed by atoms with E-state index in [9.17, 15) is 4.79 Å². The molecule has 3 nitrogen and oxygen atoms in total. The van der Waals surface area contributed by atoms with Gasteiger partial charge in [-0.25, -0.2) is 0 Å². The van der Waals surface area contributed by atoms with E-state index in [1.807, 2.05) is 11.8 Å². The van der Waals surface area contributed by atoms with Crippen molar-refractivity contribution in [2.24, 2.45) is 0 Å². The van der Waals surface area contributed by atoms with Crippen molar-refractivity contribution >= 4 is 5.91 Å². The molecule has 0 atom stereocenters. The molecule has 1 heterocycles. The summed E-state index contributed by atoms with van der Waals surface area (Å²) in [5, 5.41) is 0. The van der Waals surface area contributed by atoms with Crippen molar-refractivity contribution in [3.05, 3.63) is 12.3 Å². The van der Waals surface area contributed by atoms with Gasteiger partial charge in [0.1, 0.15) is 0 Å². The molecule has 1 rings (SSSR count). The maximum atomic E-state index is 11.0. The Labute approximate surface area is 73.6 Å². The summed E-state index contributed by atoms with van der Waals surface area (Å²) in [6.07, 6.45) is 0. The van der Waals surface area contributed by atoms with E-state index in [-0.39, 0.29) is 5.91 Å². The van der Waals surface area contributed by atoms with Gasteiger partial charge in [0.2, 0.25) is 5.91 Å². The first-order chi connectivity index (χ1) is 5.61. The van der Waals surface area contributed by atoms with E-state index in [4.69, 9.17) is 0 Å². The summed E-state index contributed by atoms with van der Waals surface area (Å²) in [5.41, 5.74) is 1.10. The highest BCUT2D eigenvalue weighted by Gasteiger charge is 2.17. The minimum absolute atomic E-state index is 0.177. The molecule has 0 spiro atoms. The fourth-order valence-corrected chi connectivity index (χ4v) is 1.40. The third kappa shape index (κ3) is 2.00. The molecule has 1 aliphatic heterocycles. The van der Waals surface area contributed by atoms with Crippen LogP contribution in [0.2, 0.25) is 0 Å². The average molecular weight is 168 g/mol. The van der Waals surface area contributed by atoms with Crippen LogP contribution < -0.4 is 0 Å². The lowest BCUT2D eigenvalue weighted by atomic mass is 10.3. The van der Waals surface area contributed by atoms with Gasteiger partial charge in [-0.3, -0.25) is 4.79 Å². The molecule has 0 unspecified atom stereocenters. The van der Waals surface area contributed by atoms with Gasteiger partial charge in [-0.1, -0.05) is 6.58 Å². The van der Waals surface area contributed by atoms with E-state index < -0.39 is 0 Å². The minimum Gasteiger partial charge on any atom is -0.372 e. The smallest absolute Gasteiger partial charge is 0.219 e. The topological polar surface area (TPSA) is 23.6 Å². The van der Waals surface area contributed by atoms with E-state index in [0.717, 1.165) is 31.9 Å². The number of carbonyl (C=O) groups is 1. The summed E-state index contributed by atoms with van der Waals surface area (Å²) in [7, 11) is 0. The van der Waals surface area contributed by atoms with Crippen LogP contribution in [0.4, 0.5) is 0 Å². The Morgan fingerprint density at radius 2 is 1.50 bits per heavy atom. The number of hydrogen-bond donors (Lipinski definition) is 0. The Morgan fingerprint density at radius 1 is 1.08 bits per heavy atom. The van der Waals surface area contributed by atoms with Crippen molar-refractivity contribution < 1.29 is 4.79 Å². The Kier molecular flexibility index (Phi) is 2.74. The normalized spacial score (nSPS) is 17.8. The van der Waals surface area contributed by atoms with Gasteiger partial charge in [-0.15, -0.1) is 0 Å². The number of amides is 1. The van der Waals surface area contributed by atoms with Crippen molar-refractivity contribution in [1.29, 1.82) is 0 Å². The van der Waals surface area contributed by atoms with Crippen LogP contribution in [0.15, 0.2) is 12.3 Å². The molecule has 0 radical (unpaired) electrons. The monoisotopic (exact) mass is 168 g/mol. The number of allylic oxidation sites excluding steroid dienone is 1. The Bertz CT molecular complexity index is 171. The lowest BCUT2D eigenvalue weighted by Gasteiger charge is -2.35. The van der Waals surface area contributed by atoms with E-state index in [1.54, 1.807) is 6.92 Å². The third-order valence-corrected chi connectivity index (χ3v) is 2.26. The summed E-state index contributed by atoms with van der Waals surface area (Å²) in [6, 6.07) is 0. The minimum atomic E-state index is 0.177. The molecule has 0 bridgehead atoms. The molecule has 12 heavy (non-hydrogen) atoms. The number of hydrogen-bond acceptors (Lipinski definition) is 2. The zero-order valence-electron chi connectivity index (χ0n) is 7.84. The molecule has 1 saturated heterocycles. The lowest BCUT2D eigenvalue weighted by molar-refractivity contribution is -0.130. The van der Waals surface area contributed by atoms with Gasteiger partial charge in [0, 0.05) is 38.8 Å². The van der Waals surface area contributed by atoms with Crippen molar-refractivity contribution in [2.45, 2.75) is 13.8 Å². The van der Waals surface area contributed by atoms with Crippen LogP contribution in [0.25, 0.3) is 0 Å². The molecule has 1 fully saturated rings. The molecule has 0 aromatic heterocycles. The molecule has 0 aromatic carbocycles. The molecular formula is C9H16N2O. The molecule has 0 aliphatic carbocycles. The molecular weight excluding hydrogens is 152 g/mol. The second-order valence-corrected chi connectivity index (χ2v) is 3.23. The standard InChI is InChI=1S/C9H16N2O/c1-8(2)10-4-6-11(7-5-10)9(3)12/h1,4-7H2,2-3H3. The summed E-state index contributed by atoms with van der Waals surface area (Å²) in [6.45, 7) is 11.0. The summed E-state index contributed by atoms with van der Waals surface area (Å²) < 4.78 is 0. The van der Waals surface area contributed by atoms with Gasteiger partial charge >= 0.3 is 0 Å². The maximum absolute atomic E-state index is 11.0. The van der Waals surface area contributed by atoms with Gasteiger partial charge in [0.05, 0.1) is 0 Å². The molecule has 1 aliphatic rings. The van der Waals surface area contributed by atoms with Gasteiger partial charge in [0.15, 0.2) is 0 Å². The molecule has 1 amide bonds. The van der Waals surface area contributed by atoms with Crippen molar-refractivity contribution in [3.63, 3.8) is 0 Å². The van der Waals surface area contributed by atoms with E-state index in [2.05, 4.69) is 11.5 Å². The van der Waals surface area contributed by atoms with Crippen LogP contribution in [0.3, 0.4) is 0 Å². The van der Waals surface area contributed by atoms with Crippen LogP contribution in [0.5, 0.6) is 0 Å². The number of carbonyl (C=O) groups excluding carboxylic acids is 1. The van der Waals surface area contributed by atoms with Crippen LogP contribution in [0, 0.1) is 0 Å². The molecule has 68 valence electrons. The number of nitrogens with zero attached hydrogens (tertiary/aromatic N) is 2. The third-order valence-electron chi connectivity index (χ3n) is 2.26. The second-order valence-electron chi connectivity index (χ2n) is 3.23. The average Bonchev–Trinajstić information content (AvgIpc) is 2.04. The molecule has 0 N–H and O–H groups in total. The van der Waals surface area contributed by atoms with Gasteiger partial charge < -0.3 is 9.80 Å². The fourth-order valence-electron chi connectivity index (χ4n) is 1.40. The fraction of sp³-hybridized carbons (Fsp3) is 0.667. The van der Waals surface area contributed by atoms with E-state index >= 15 is 0 Å². The van der Waals surface area contributed by atoms with Gasteiger partial charge in [-0.05, 0) is 6.92 Å². The first kappa shape index (κ1) is 9.10. The zero-order chi connectivity index (χ0) is 9.14. The van der Waals surface area contributed by atoms with E-state index in [0.29, 0.717) is 0 Å². The summed E-state index contributed by atoms with van der Waals surface area (Å²) in [4.78, 5) is 15.0. The highest BCUT2D eigenvalue weighted by atomic mass is 16.2. The Morgan fingerprint density at radius 3 is 1.83 bits per heavy atom. The van der Waals surface area contributed by atoms with Crippen molar-refractivity contribution in [2.75, 3.05) is 26.2 Å². The second kappa shape index (κ2) is 3.61. The molecule has 3 heteroatoms. The highest BCUT2D eigenvalue weighted by Crippen LogP contribution is 2.06. The maximum Gasteiger partial charge on any atom is 0.219 e. The largest absolute Gasteiger partial charge is 0.372 e. The first-order valence-corrected chi connectivity index (χ1v) is 4.27. The first-order valence-electron chi connectivity index (χ1n) is 4.27. The molecule has 0 aromatic rings. The Hall–Kier alpha value is -0.990. The lowest BCUT2D eigenvalue weighted by Crippen LogP contribution is -2.47.